The molecular weight excluding hydrogens is 296 g/mol. The van der Waals surface area contributed by atoms with Gasteiger partial charge in [-0.2, -0.15) is 0 Å². The molecule has 3 atom stereocenters. The van der Waals surface area contributed by atoms with E-state index in [2.05, 4.69) is 40.4 Å². The minimum absolute atomic E-state index is 0.0236. The van der Waals surface area contributed by atoms with Crippen LogP contribution in [-0.2, 0) is 13.9 Å². The molecule has 4 nitrogen and oxygen atoms in total. The summed E-state index contributed by atoms with van der Waals surface area (Å²) >= 11 is 0. The number of aliphatic hydroxyl groups is 1. The molecule has 1 saturated heterocycles. The van der Waals surface area contributed by atoms with Crippen LogP contribution in [0.4, 0.5) is 0 Å². The van der Waals surface area contributed by atoms with Crippen LogP contribution in [0.15, 0.2) is 24.5 Å². The fourth-order valence-electron chi connectivity index (χ4n) is 2.07. The van der Waals surface area contributed by atoms with E-state index in [1.165, 1.54) is 0 Å². The first-order valence-corrected chi connectivity index (χ1v) is 10.9. The molecule has 5 heteroatoms. The summed E-state index contributed by atoms with van der Waals surface area (Å²) in [5, 5.41) is 10.6. The Morgan fingerprint density at radius 1 is 1.45 bits per heavy atom. The molecule has 1 heterocycles. The Hall–Kier alpha value is -0.623. The van der Waals surface area contributed by atoms with Crippen molar-refractivity contribution in [3.8, 4) is 0 Å². The summed E-state index contributed by atoms with van der Waals surface area (Å²) in [6, 6.07) is 0. The predicted octanol–water partition coefficient (Wildman–Crippen LogP) is 3.49. The molecular formula is C17H32O4Si. The van der Waals surface area contributed by atoms with Gasteiger partial charge in [-0.1, -0.05) is 27.4 Å². The van der Waals surface area contributed by atoms with Gasteiger partial charge in [0.05, 0.1) is 32.2 Å². The summed E-state index contributed by atoms with van der Waals surface area (Å²) in [4.78, 5) is 0. The molecule has 1 N–H and O–H groups in total. The van der Waals surface area contributed by atoms with Crippen LogP contribution in [-0.4, -0.2) is 45.5 Å². The van der Waals surface area contributed by atoms with Gasteiger partial charge in [-0.25, -0.2) is 0 Å². The number of rotatable bonds is 7. The second-order valence-corrected chi connectivity index (χ2v) is 12.2. The van der Waals surface area contributed by atoms with Crippen LogP contribution < -0.4 is 0 Å². The maximum atomic E-state index is 10.5. The molecule has 22 heavy (non-hydrogen) atoms. The Morgan fingerprint density at radius 2 is 2.09 bits per heavy atom. The third-order valence-corrected chi connectivity index (χ3v) is 9.14. The van der Waals surface area contributed by atoms with Gasteiger partial charge in [0.2, 0.25) is 0 Å². The molecule has 0 bridgehead atoms. The first-order chi connectivity index (χ1) is 10.1. The summed E-state index contributed by atoms with van der Waals surface area (Å²) in [6.07, 6.45) is 2.61. The second-order valence-electron chi connectivity index (χ2n) is 7.38. The van der Waals surface area contributed by atoms with Gasteiger partial charge in [0.15, 0.2) is 8.32 Å². The molecule has 0 amide bonds. The Balaban J connectivity index is 2.64. The zero-order valence-corrected chi connectivity index (χ0v) is 15.9. The van der Waals surface area contributed by atoms with Gasteiger partial charge in [-0.05, 0) is 36.7 Å². The first kappa shape index (κ1) is 19.4. The van der Waals surface area contributed by atoms with E-state index in [4.69, 9.17) is 13.9 Å². The second kappa shape index (κ2) is 7.77. The summed E-state index contributed by atoms with van der Waals surface area (Å²) in [7, 11) is -1.87. The zero-order valence-electron chi connectivity index (χ0n) is 14.9. The van der Waals surface area contributed by atoms with Crippen molar-refractivity contribution in [1.82, 2.24) is 0 Å². The van der Waals surface area contributed by atoms with Gasteiger partial charge in [-0.15, -0.1) is 0 Å². The van der Waals surface area contributed by atoms with E-state index in [-0.39, 0.29) is 17.1 Å². The molecule has 0 aromatic heterocycles. The highest BCUT2D eigenvalue weighted by molar-refractivity contribution is 6.74. The van der Waals surface area contributed by atoms with Crippen molar-refractivity contribution in [2.24, 2.45) is 5.92 Å². The molecule has 128 valence electrons. The highest BCUT2D eigenvalue weighted by Crippen LogP contribution is 2.37. The van der Waals surface area contributed by atoms with Crippen LogP contribution in [0.2, 0.25) is 18.1 Å². The summed E-state index contributed by atoms with van der Waals surface area (Å²) in [5.41, 5.74) is 0.965. The molecule has 0 saturated carbocycles. The molecule has 0 aromatic carbocycles. The minimum atomic E-state index is -1.87. The lowest BCUT2D eigenvalue weighted by Gasteiger charge is -2.37. The van der Waals surface area contributed by atoms with Gasteiger partial charge < -0.3 is 19.0 Å². The lowest BCUT2D eigenvalue weighted by atomic mass is 9.94. The van der Waals surface area contributed by atoms with Gasteiger partial charge in [0, 0.05) is 5.92 Å². The van der Waals surface area contributed by atoms with E-state index in [0.29, 0.717) is 19.8 Å². The first-order valence-electron chi connectivity index (χ1n) is 7.99. The molecule has 1 rings (SSSR count). The van der Waals surface area contributed by atoms with Crippen LogP contribution in [0.25, 0.3) is 0 Å². The maximum absolute atomic E-state index is 10.5. The fourth-order valence-corrected chi connectivity index (χ4v) is 3.09. The maximum Gasteiger partial charge on any atom is 0.192 e. The van der Waals surface area contributed by atoms with Crippen molar-refractivity contribution in [3.05, 3.63) is 24.5 Å². The number of aliphatic hydroxyl groups excluding tert-OH is 1. The highest BCUT2D eigenvalue weighted by atomic mass is 28.4. The van der Waals surface area contributed by atoms with Crippen LogP contribution in [0.1, 0.15) is 27.7 Å². The fraction of sp³-hybridized carbons (Fsp3) is 0.765. The Morgan fingerprint density at radius 3 is 2.64 bits per heavy atom. The van der Waals surface area contributed by atoms with Crippen LogP contribution >= 0.6 is 0 Å². The minimum Gasteiger partial charge on any atom is -0.502 e. The van der Waals surface area contributed by atoms with E-state index < -0.39 is 14.4 Å². The Bertz CT molecular complexity index is 398. The largest absolute Gasteiger partial charge is 0.502 e. The third-order valence-electron chi connectivity index (χ3n) is 4.64. The van der Waals surface area contributed by atoms with Crippen LogP contribution in [0.5, 0.6) is 0 Å². The zero-order chi connectivity index (χ0) is 17.0. The van der Waals surface area contributed by atoms with E-state index in [0.717, 1.165) is 5.57 Å². The summed E-state index contributed by atoms with van der Waals surface area (Å²) < 4.78 is 17.0. The van der Waals surface area contributed by atoms with E-state index in [1.807, 2.05) is 13.0 Å². The van der Waals surface area contributed by atoms with Gasteiger partial charge >= 0.3 is 0 Å². The van der Waals surface area contributed by atoms with E-state index in [9.17, 15) is 5.11 Å². The van der Waals surface area contributed by atoms with Crippen molar-refractivity contribution < 1.29 is 19.0 Å². The molecule has 0 spiro atoms. The average molecular weight is 329 g/mol. The normalized spacial score (nSPS) is 25.0. The molecule has 0 unspecified atom stereocenters. The third kappa shape index (κ3) is 4.95. The highest BCUT2D eigenvalue weighted by Gasteiger charge is 2.40. The lowest BCUT2D eigenvalue weighted by Crippen LogP contribution is -2.45. The van der Waals surface area contributed by atoms with Crippen molar-refractivity contribution in [3.63, 3.8) is 0 Å². The SMILES string of the molecule is C=C1CO[C@@H]([C@H](O)CO[Si](C)(C)C(C)(C)C)[C@H]1/C=C/OCC. The molecule has 0 aliphatic carbocycles. The van der Waals surface area contributed by atoms with Crippen molar-refractivity contribution in [1.29, 1.82) is 0 Å². The molecule has 1 fully saturated rings. The smallest absolute Gasteiger partial charge is 0.192 e. The summed E-state index contributed by atoms with van der Waals surface area (Å²) in [5.74, 6) is -0.0236. The number of ether oxygens (including phenoxy) is 2. The lowest BCUT2D eigenvalue weighted by molar-refractivity contribution is -0.0353. The molecule has 1 aliphatic heterocycles. The molecule has 0 aromatic rings. The van der Waals surface area contributed by atoms with Crippen LogP contribution in [0, 0.1) is 5.92 Å². The van der Waals surface area contributed by atoms with Crippen molar-refractivity contribution in [2.75, 3.05) is 19.8 Å². The number of hydrogen-bond acceptors (Lipinski definition) is 4. The van der Waals surface area contributed by atoms with Gasteiger partial charge in [0.25, 0.3) is 0 Å². The van der Waals surface area contributed by atoms with Crippen molar-refractivity contribution in [2.45, 2.75) is 58.0 Å². The standard InChI is InChI=1S/C17H32O4Si/c1-8-19-10-9-14-13(2)11-20-16(14)15(18)12-21-22(6,7)17(3,4)5/h9-10,14-16,18H,2,8,11-12H2,1,3-7H3/b10-9+/t14-,15+,16+/m0/s1. The predicted molar refractivity (Wildman–Crippen MR) is 92.3 cm³/mol. The van der Waals surface area contributed by atoms with Gasteiger partial charge in [0.1, 0.15) is 6.10 Å². The summed E-state index contributed by atoms with van der Waals surface area (Å²) in [6.45, 7) is 18.3. The quantitative estimate of drug-likeness (QED) is 0.441. The molecule has 0 radical (unpaired) electrons. The average Bonchev–Trinajstić information content (AvgIpc) is 2.77. The van der Waals surface area contributed by atoms with Crippen molar-refractivity contribution >= 4 is 8.32 Å². The van der Waals surface area contributed by atoms with Crippen LogP contribution in [0.3, 0.4) is 0 Å². The van der Waals surface area contributed by atoms with E-state index in [1.54, 1.807) is 6.26 Å². The van der Waals surface area contributed by atoms with E-state index >= 15 is 0 Å². The number of hydrogen-bond donors (Lipinski definition) is 1. The topological polar surface area (TPSA) is 47.9 Å². The van der Waals surface area contributed by atoms with Gasteiger partial charge in [-0.3, -0.25) is 0 Å². The Labute approximate surface area is 136 Å². The Kier molecular flexibility index (Phi) is 6.86. The molecule has 1 aliphatic rings. The monoisotopic (exact) mass is 328 g/mol.